The summed E-state index contributed by atoms with van der Waals surface area (Å²) in [6.07, 6.45) is 11.4. The molecule has 18 heavy (non-hydrogen) atoms. The molecule has 1 aliphatic heterocycles. The van der Waals surface area contributed by atoms with E-state index in [1.807, 2.05) is 0 Å². The van der Waals surface area contributed by atoms with Gasteiger partial charge in [0.15, 0.2) is 0 Å². The van der Waals surface area contributed by atoms with Crippen LogP contribution in [0.25, 0.3) is 0 Å². The highest BCUT2D eigenvalue weighted by Gasteiger charge is 2.34. The van der Waals surface area contributed by atoms with E-state index in [1.54, 1.807) is 0 Å². The fourth-order valence-electron chi connectivity index (χ4n) is 4.00. The predicted octanol–water partition coefficient (Wildman–Crippen LogP) is 4.38. The number of thiol groups is 1. The van der Waals surface area contributed by atoms with Gasteiger partial charge in [-0.1, -0.05) is 39.5 Å². The third-order valence-electron chi connectivity index (χ3n) is 5.04. The maximum Gasteiger partial charge on any atom is 0.00460 e. The van der Waals surface area contributed by atoms with Crippen LogP contribution in [0.4, 0.5) is 0 Å². The van der Waals surface area contributed by atoms with Gasteiger partial charge in [-0.2, -0.15) is 12.6 Å². The number of rotatable bonds is 3. The van der Waals surface area contributed by atoms with Crippen LogP contribution in [0, 0.1) is 10.8 Å². The average Bonchev–Trinajstić information content (AvgIpc) is 2.54. The van der Waals surface area contributed by atoms with Crippen molar-refractivity contribution in [3.63, 3.8) is 0 Å². The third kappa shape index (κ3) is 3.90. The molecule has 2 fully saturated rings. The number of hydrogen-bond acceptors (Lipinski definition) is 2. The van der Waals surface area contributed by atoms with Gasteiger partial charge in [0.2, 0.25) is 0 Å². The van der Waals surface area contributed by atoms with Crippen LogP contribution in [0.3, 0.4) is 0 Å². The van der Waals surface area contributed by atoms with Crippen molar-refractivity contribution in [1.29, 1.82) is 0 Å². The van der Waals surface area contributed by atoms with E-state index in [1.165, 1.54) is 71.0 Å². The summed E-state index contributed by atoms with van der Waals surface area (Å²) < 4.78 is 0. The fourth-order valence-corrected chi connectivity index (χ4v) is 4.41. The molecular weight excluding hydrogens is 238 g/mol. The summed E-state index contributed by atoms with van der Waals surface area (Å²) in [5.74, 6) is 1.09. The van der Waals surface area contributed by atoms with Crippen molar-refractivity contribution in [3.05, 3.63) is 0 Å². The van der Waals surface area contributed by atoms with E-state index >= 15 is 0 Å². The quantitative estimate of drug-likeness (QED) is 0.588. The second kappa shape index (κ2) is 6.17. The molecule has 1 aliphatic carbocycles. The summed E-state index contributed by atoms with van der Waals surface area (Å²) in [5.41, 5.74) is 1.05. The Bertz CT molecular complexity index is 254. The van der Waals surface area contributed by atoms with E-state index in [-0.39, 0.29) is 0 Å². The van der Waals surface area contributed by atoms with Crippen LogP contribution >= 0.6 is 12.6 Å². The molecule has 0 aromatic rings. The molecule has 0 N–H and O–H groups in total. The molecule has 106 valence electrons. The topological polar surface area (TPSA) is 3.24 Å². The van der Waals surface area contributed by atoms with Gasteiger partial charge in [-0.25, -0.2) is 0 Å². The van der Waals surface area contributed by atoms with Gasteiger partial charge in [-0.3, -0.25) is 0 Å². The molecule has 2 aliphatic rings. The van der Waals surface area contributed by atoms with Crippen molar-refractivity contribution >= 4 is 12.6 Å². The van der Waals surface area contributed by atoms with Crippen LogP contribution in [-0.4, -0.2) is 30.3 Å². The molecule has 1 saturated carbocycles. The van der Waals surface area contributed by atoms with Gasteiger partial charge in [0.25, 0.3) is 0 Å². The van der Waals surface area contributed by atoms with Crippen molar-refractivity contribution in [2.45, 2.75) is 65.2 Å². The summed E-state index contributed by atoms with van der Waals surface area (Å²) in [6.45, 7) is 8.78. The van der Waals surface area contributed by atoms with Crippen LogP contribution < -0.4 is 0 Å². The van der Waals surface area contributed by atoms with Gasteiger partial charge >= 0.3 is 0 Å². The summed E-state index contributed by atoms with van der Waals surface area (Å²) in [7, 11) is 0. The molecule has 2 heteroatoms. The number of hydrogen-bond donors (Lipinski definition) is 1. The molecule has 1 saturated heterocycles. The Morgan fingerprint density at radius 3 is 2.17 bits per heavy atom. The Labute approximate surface area is 119 Å². The number of nitrogens with zero attached hydrogens (tertiary/aromatic N) is 1. The molecule has 0 atom stereocenters. The van der Waals surface area contributed by atoms with Gasteiger partial charge in [0.1, 0.15) is 0 Å². The van der Waals surface area contributed by atoms with E-state index in [4.69, 9.17) is 12.6 Å². The first-order valence-electron chi connectivity index (χ1n) is 7.89. The van der Waals surface area contributed by atoms with Crippen LogP contribution in [0.5, 0.6) is 0 Å². The van der Waals surface area contributed by atoms with Gasteiger partial charge in [-0.15, -0.1) is 0 Å². The highest BCUT2D eigenvalue weighted by Crippen LogP contribution is 2.38. The van der Waals surface area contributed by atoms with E-state index in [0.717, 1.165) is 5.75 Å². The monoisotopic (exact) mass is 269 g/mol. The summed E-state index contributed by atoms with van der Waals surface area (Å²) in [4.78, 5) is 2.74. The van der Waals surface area contributed by atoms with Crippen LogP contribution in [0.2, 0.25) is 0 Å². The molecule has 0 radical (unpaired) electrons. The summed E-state index contributed by atoms with van der Waals surface area (Å²) >= 11 is 4.71. The lowest BCUT2D eigenvalue weighted by atomic mass is 9.79. The minimum atomic E-state index is 0.521. The molecule has 2 rings (SSSR count). The second-order valence-corrected chi connectivity index (χ2v) is 7.87. The first-order valence-corrected chi connectivity index (χ1v) is 8.52. The predicted molar refractivity (Wildman–Crippen MR) is 83.4 cm³/mol. The lowest BCUT2D eigenvalue weighted by molar-refractivity contribution is 0.0705. The lowest BCUT2D eigenvalue weighted by Crippen LogP contribution is -2.46. The molecule has 0 aromatic heterocycles. The van der Waals surface area contributed by atoms with Crippen molar-refractivity contribution in [3.8, 4) is 0 Å². The van der Waals surface area contributed by atoms with Crippen molar-refractivity contribution < 1.29 is 0 Å². The first kappa shape index (κ1) is 14.7. The molecule has 0 spiro atoms. The summed E-state index contributed by atoms with van der Waals surface area (Å²) in [6, 6.07) is 0. The molecule has 0 amide bonds. The fraction of sp³-hybridized carbons (Fsp3) is 1.00. The van der Waals surface area contributed by atoms with E-state index < -0.39 is 0 Å². The maximum atomic E-state index is 4.71. The van der Waals surface area contributed by atoms with E-state index in [2.05, 4.69) is 18.7 Å². The highest BCUT2D eigenvalue weighted by atomic mass is 32.1. The molecule has 0 aromatic carbocycles. The Balaban J connectivity index is 1.96. The van der Waals surface area contributed by atoms with Gasteiger partial charge in [-0.05, 0) is 48.8 Å². The molecule has 1 nitrogen and oxygen atoms in total. The minimum Gasteiger partial charge on any atom is -0.302 e. The maximum absolute atomic E-state index is 4.71. The van der Waals surface area contributed by atoms with Crippen LogP contribution in [0.15, 0.2) is 0 Å². The van der Waals surface area contributed by atoms with Gasteiger partial charge in [0, 0.05) is 13.1 Å². The van der Waals surface area contributed by atoms with E-state index in [9.17, 15) is 0 Å². The zero-order valence-corrected chi connectivity index (χ0v) is 13.3. The number of piperidine rings is 1. The molecule has 0 unspecified atom stereocenters. The smallest absolute Gasteiger partial charge is 0.00460 e. The zero-order chi connectivity index (χ0) is 13.1. The molecule has 1 heterocycles. The van der Waals surface area contributed by atoms with E-state index in [0.29, 0.717) is 10.8 Å². The SMILES string of the molecule is CC1(C)CCCN(CC2(CS)CCCCCC2)C1. The average molecular weight is 269 g/mol. The van der Waals surface area contributed by atoms with Gasteiger partial charge < -0.3 is 4.90 Å². The van der Waals surface area contributed by atoms with Gasteiger partial charge in [0.05, 0.1) is 0 Å². The largest absolute Gasteiger partial charge is 0.302 e. The van der Waals surface area contributed by atoms with Crippen LogP contribution in [0.1, 0.15) is 65.2 Å². The number of likely N-dealkylation sites (tertiary alicyclic amines) is 1. The Kier molecular flexibility index (Phi) is 5.05. The normalized spacial score (nSPS) is 28.8. The van der Waals surface area contributed by atoms with Crippen molar-refractivity contribution in [2.75, 3.05) is 25.4 Å². The standard InChI is InChI=1S/C16H31NS/c1-15(2)8-7-11-17(12-15)13-16(14-18)9-5-3-4-6-10-16/h18H,3-14H2,1-2H3. The Morgan fingerprint density at radius 2 is 1.61 bits per heavy atom. The Morgan fingerprint density at radius 1 is 0.944 bits per heavy atom. The lowest BCUT2D eigenvalue weighted by Gasteiger charge is -2.43. The first-order chi connectivity index (χ1) is 8.55. The molecule has 0 bridgehead atoms. The summed E-state index contributed by atoms with van der Waals surface area (Å²) in [5, 5.41) is 0. The zero-order valence-electron chi connectivity index (χ0n) is 12.4. The van der Waals surface area contributed by atoms with Crippen molar-refractivity contribution in [1.82, 2.24) is 4.90 Å². The minimum absolute atomic E-state index is 0.521. The molecular formula is C16H31NS. The van der Waals surface area contributed by atoms with Crippen LogP contribution in [-0.2, 0) is 0 Å². The Hall–Kier alpha value is 0.310. The third-order valence-corrected chi connectivity index (χ3v) is 5.71. The highest BCUT2D eigenvalue weighted by molar-refractivity contribution is 7.80. The van der Waals surface area contributed by atoms with Crippen molar-refractivity contribution in [2.24, 2.45) is 10.8 Å². The second-order valence-electron chi connectivity index (χ2n) is 7.55.